The number of aryl methyl sites for hydroxylation is 1. The average Bonchev–Trinajstić information content (AvgIpc) is 2.59. The minimum absolute atomic E-state index is 0.469. The Bertz CT molecular complexity index is 328. The van der Waals surface area contributed by atoms with Gasteiger partial charge >= 0.3 is 0 Å². The molecule has 0 saturated heterocycles. The first-order chi connectivity index (χ1) is 7.63. The summed E-state index contributed by atoms with van der Waals surface area (Å²) in [5, 5.41) is 4.17. The molecule has 0 bridgehead atoms. The largest absolute Gasteiger partial charge is 0.328 e. The second kappa shape index (κ2) is 4.97. The number of nitrogens with zero attached hydrogens (tertiary/aromatic N) is 3. The molecule has 0 radical (unpaired) electrons. The summed E-state index contributed by atoms with van der Waals surface area (Å²) in [6, 6.07) is 0.469. The summed E-state index contributed by atoms with van der Waals surface area (Å²) in [6.45, 7) is 2.30. The summed E-state index contributed by atoms with van der Waals surface area (Å²) in [6.07, 6.45) is 7.54. The number of hydrogen-bond donors (Lipinski definition) is 1. The van der Waals surface area contributed by atoms with Crippen molar-refractivity contribution in [2.24, 2.45) is 18.7 Å². The molecule has 2 N–H and O–H groups in total. The highest BCUT2D eigenvalue weighted by Crippen LogP contribution is 2.25. The lowest BCUT2D eigenvalue weighted by Crippen LogP contribution is -2.42. The van der Waals surface area contributed by atoms with Crippen LogP contribution in [0.25, 0.3) is 0 Å². The Morgan fingerprint density at radius 3 is 2.88 bits per heavy atom. The Hall–Kier alpha value is -0.870. The Morgan fingerprint density at radius 1 is 1.56 bits per heavy atom. The standard InChI is InChI=1S/C12H22N4/c1-15(8-11-5-12(13)6-11)4-3-10-7-14-16(2)9-10/h7,9,11-12H,3-6,8,13H2,1-2H3. The molecule has 0 unspecified atom stereocenters. The maximum Gasteiger partial charge on any atom is 0.0522 e. The first-order valence-corrected chi connectivity index (χ1v) is 6.05. The minimum Gasteiger partial charge on any atom is -0.328 e. The molecule has 0 spiro atoms. The van der Waals surface area contributed by atoms with Crippen molar-refractivity contribution in [1.82, 2.24) is 14.7 Å². The van der Waals surface area contributed by atoms with Gasteiger partial charge in [0.25, 0.3) is 0 Å². The van der Waals surface area contributed by atoms with Crippen LogP contribution in [0.5, 0.6) is 0 Å². The topological polar surface area (TPSA) is 47.1 Å². The van der Waals surface area contributed by atoms with E-state index in [4.69, 9.17) is 5.73 Å². The van der Waals surface area contributed by atoms with Gasteiger partial charge in [-0.3, -0.25) is 4.68 Å². The molecule has 1 fully saturated rings. The highest BCUT2D eigenvalue weighted by Gasteiger charge is 2.26. The van der Waals surface area contributed by atoms with Gasteiger partial charge in [-0.2, -0.15) is 5.10 Å². The third-order valence-corrected chi connectivity index (χ3v) is 3.38. The highest BCUT2D eigenvalue weighted by molar-refractivity contribution is 5.03. The molecule has 0 atom stereocenters. The van der Waals surface area contributed by atoms with Crippen LogP contribution in [0, 0.1) is 5.92 Å². The highest BCUT2D eigenvalue weighted by atomic mass is 15.2. The van der Waals surface area contributed by atoms with Crippen molar-refractivity contribution in [3.63, 3.8) is 0 Å². The van der Waals surface area contributed by atoms with Crippen LogP contribution in [0.2, 0.25) is 0 Å². The van der Waals surface area contributed by atoms with Crippen LogP contribution in [0.1, 0.15) is 18.4 Å². The normalized spacial score (nSPS) is 24.8. The van der Waals surface area contributed by atoms with E-state index >= 15 is 0 Å². The fourth-order valence-corrected chi connectivity index (χ4v) is 2.39. The Balaban J connectivity index is 1.65. The van der Waals surface area contributed by atoms with Gasteiger partial charge in [0.15, 0.2) is 0 Å². The fourth-order valence-electron chi connectivity index (χ4n) is 2.39. The number of aromatic nitrogens is 2. The molecule has 1 aromatic heterocycles. The van der Waals surface area contributed by atoms with E-state index in [0.717, 1.165) is 18.9 Å². The number of hydrogen-bond acceptors (Lipinski definition) is 3. The smallest absolute Gasteiger partial charge is 0.0522 e. The summed E-state index contributed by atoms with van der Waals surface area (Å²) in [5.74, 6) is 0.828. The van der Waals surface area contributed by atoms with Crippen molar-refractivity contribution in [1.29, 1.82) is 0 Å². The molecule has 90 valence electrons. The minimum atomic E-state index is 0.469. The van der Waals surface area contributed by atoms with Gasteiger partial charge in [-0.25, -0.2) is 0 Å². The molecule has 1 aliphatic rings. The lowest BCUT2D eigenvalue weighted by atomic mass is 9.80. The Labute approximate surface area is 97.4 Å². The third-order valence-electron chi connectivity index (χ3n) is 3.38. The summed E-state index contributed by atoms with van der Waals surface area (Å²) in [5.41, 5.74) is 7.10. The molecule has 4 heteroatoms. The molecule has 1 aromatic rings. The maximum absolute atomic E-state index is 5.78. The number of rotatable bonds is 5. The molecule has 0 aromatic carbocycles. The molecule has 1 heterocycles. The fraction of sp³-hybridized carbons (Fsp3) is 0.750. The van der Waals surface area contributed by atoms with Crippen molar-refractivity contribution < 1.29 is 0 Å². The van der Waals surface area contributed by atoms with Crippen LogP contribution in [-0.4, -0.2) is 40.9 Å². The van der Waals surface area contributed by atoms with E-state index in [9.17, 15) is 0 Å². The zero-order valence-electron chi connectivity index (χ0n) is 10.3. The van der Waals surface area contributed by atoms with E-state index in [1.807, 2.05) is 17.9 Å². The third kappa shape index (κ3) is 3.06. The van der Waals surface area contributed by atoms with Crippen LogP contribution < -0.4 is 5.73 Å². The van der Waals surface area contributed by atoms with Crippen LogP contribution in [0.3, 0.4) is 0 Å². The molecule has 0 aliphatic heterocycles. The second-order valence-corrected chi connectivity index (χ2v) is 5.13. The van der Waals surface area contributed by atoms with Gasteiger partial charge < -0.3 is 10.6 Å². The van der Waals surface area contributed by atoms with Crippen molar-refractivity contribution in [3.05, 3.63) is 18.0 Å². The van der Waals surface area contributed by atoms with Gasteiger partial charge in [0.05, 0.1) is 6.20 Å². The van der Waals surface area contributed by atoms with Gasteiger partial charge in [0.2, 0.25) is 0 Å². The van der Waals surface area contributed by atoms with E-state index in [0.29, 0.717) is 6.04 Å². The van der Waals surface area contributed by atoms with Crippen LogP contribution >= 0.6 is 0 Å². The van der Waals surface area contributed by atoms with Crippen molar-refractivity contribution in [3.8, 4) is 0 Å². The van der Waals surface area contributed by atoms with E-state index in [1.54, 1.807) is 0 Å². The quantitative estimate of drug-likeness (QED) is 0.795. The van der Waals surface area contributed by atoms with E-state index in [2.05, 4.69) is 23.2 Å². The first-order valence-electron chi connectivity index (χ1n) is 6.05. The van der Waals surface area contributed by atoms with Gasteiger partial charge in [0.1, 0.15) is 0 Å². The maximum atomic E-state index is 5.78. The molecular formula is C12H22N4. The molecule has 0 amide bonds. The zero-order valence-corrected chi connectivity index (χ0v) is 10.3. The Kier molecular flexibility index (Phi) is 3.61. The summed E-state index contributed by atoms with van der Waals surface area (Å²) in [7, 11) is 4.16. The van der Waals surface area contributed by atoms with Crippen molar-refractivity contribution in [2.75, 3.05) is 20.1 Å². The second-order valence-electron chi connectivity index (χ2n) is 5.13. The zero-order chi connectivity index (χ0) is 11.5. The lowest BCUT2D eigenvalue weighted by Gasteiger charge is -2.35. The van der Waals surface area contributed by atoms with Gasteiger partial charge in [-0.05, 0) is 37.8 Å². The molecule has 1 aliphatic carbocycles. The summed E-state index contributed by atoms with van der Waals surface area (Å²) in [4.78, 5) is 2.41. The van der Waals surface area contributed by atoms with Gasteiger partial charge in [-0.15, -0.1) is 0 Å². The van der Waals surface area contributed by atoms with E-state index in [-0.39, 0.29) is 0 Å². The lowest BCUT2D eigenvalue weighted by molar-refractivity contribution is 0.183. The molecule has 2 rings (SSSR count). The Morgan fingerprint density at radius 2 is 2.31 bits per heavy atom. The monoisotopic (exact) mass is 222 g/mol. The van der Waals surface area contributed by atoms with Crippen LogP contribution in [0.4, 0.5) is 0 Å². The predicted octanol–water partition coefficient (Wildman–Crippen LogP) is 0.632. The van der Waals surface area contributed by atoms with Crippen LogP contribution in [-0.2, 0) is 13.5 Å². The van der Waals surface area contributed by atoms with Gasteiger partial charge in [-0.1, -0.05) is 0 Å². The van der Waals surface area contributed by atoms with E-state index in [1.165, 1.54) is 24.9 Å². The summed E-state index contributed by atoms with van der Waals surface area (Å²) >= 11 is 0. The van der Waals surface area contributed by atoms with Gasteiger partial charge in [0, 0.05) is 32.4 Å². The average molecular weight is 222 g/mol. The van der Waals surface area contributed by atoms with Crippen molar-refractivity contribution in [2.45, 2.75) is 25.3 Å². The number of nitrogens with two attached hydrogens (primary N) is 1. The SMILES string of the molecule is CN(CCc1cnn(C)c1)CC1CC(N)C1. The summed E-state index contributed by atoms with van der Waals surface area (Å²) < 4.78 is 1.86. The molecule has 4 nitrogen and oxygen atoms in total. The number of likely N-dealkylation sites (N-methyl/N-ethyl adjacent to an activating group) is 1. The van der Waals surface area contributed by atoms with Crippen molar-refractivity contribution >= 4 is 0 Å². The first kappa shape index (κ1) is 11.6. The van der Waals surface area contributed by atoms with Crippen LogP contribution in [0.15, 0.2) is 12.4 Å². The predicted molar refractivity (Wildman–Crippen MR) is 65.1 cm³/mol. The molecule has 16 heavy (non-hydrogen) atoms. The molecule has 1 saturated carbocycles. The molecular weight excluding hydrogens is 200 g/mol. The van der Waals surface area contributed by atoms with E-state index < -0.39 is 0 Å².